The van der Waals surface area contributed by atoms with Gasteiger partial charge in [0.15, 0.2) is 12.6 Å². The second-order valence-corrected chi connectivity index (χ2v) is 5.68. The van der Waals surface area contributed by atoms with E-state index in [1.807, 2.05) is 13.8 Å². The van der Waals surface area contributed by atoms with Crippen LogP contribution in [0.2, 0.25) is 0 Å². The van der Waals surface area contributed by atoms with E-state index >= 15 is 0 Å². The minimum absolute atomic E-state index is 0.0138. The molecule has 2 heterocycles. The highest BCUT2D eigenvalue weighted by atomic mass is 16.9. The van der Waals surface area contributed by atoms with Crippen molar-refractivity contribution < 1.29 is 14.2 Å². The van der Waals surface area contributed by atoms with Crippen molar-refractivity contribution in [3.05, 3.63) is 0 Å². The first-order valence-corrected chi connectivity index (χ1v) is 8.15. The van der Waals surface area contributed by atoms with Gasteiger partial charge in [-0.15, -0.1) is 0 Å². The molecule has 0 saturated carbocycles. The average Bonchev–Trinajstić information content (AvgIpc) is 3.27. The lowest BCUT2D eigenvalue weighted by atomic mass is 10.1. The Balaban J connectivity index is 0.000000190. The molecular weight excluding hydrogens is 240 g/mol. The second-order valence-electron chi connectivity index (χ2n) is 5.68. The topological polar surface area (TPSA) is 34.3 Å². The van der Waals surface area contributed by atoms with Crippen LogP contribution in [0.15, 0.2) is 0 Å². The number of ether oxygens (including phenoxy) is 3. The molecule has 0 aromatic heterocycles. The number of rotatable bonds is 9. The van der Waals surface area contributed by atoms with Gasteiger partial charge in [-0.1, -0.05) is 65.2 Å². The highest BCUT2D eigenvalue weighted by Gasteiger charge is 2.45. The van der Waals surface area contributed by atoms with Crippen molar-refractivity contribution in [1.29, 1.82) is 0 Å². The first-order valence-electron chi connectivity index (χ1n) is 8.15. The molecule has 114 valence electrons. The molecule has 0 aromatic rings. The SMILES string of the molecule is CC1OC1OC1OC1C.CCCCCCCCCC. The van der Waals surface area contributed by atoms with Gasteiger partial charge in [0, 0.05) is 0 Å². The summed E-state index contributed by atoms with van der Waals surface area (Å²) in [5.74, 6) is 0. The van der Waals surface area contributed by atoms with Gasteiger partial charge >= 0.3 is 0 Å². The van der Waals surface area contributed by atoms with Crippen molar-refractivity contribution >= 4 is 0 Å². The van der Waals surface area contributed by atoms with E-state index in [2.05, 4.69) is 13.8 Å². The monoisotopic (exact) mass is 272 g/mol. The van der Waals surface area contributed by atoms with E-state index < -0.39 is 0 Å². The molecule has 4 atom stereocenters. The van der Waals surface area contributed by atoms with Gasteiger partial charge in [0.05, 0.1) is 0 Å². The fraction of sp³-hybridized carbons (Fsp3) is 1.00. The zero-order valence-electron chi connectivity index (χ0n) is 13.2. The van der Waals surface area contributed by atoms with Gasteiger partial charge < -0.3 is 14.2 Å². The summed E-state index contributed by atoms with van der Waals surface area (Å²) in [6.07, 6.45) is 12.0. The van der Waals surface area contributed by atoms with Crippen LogP contribution >= 0.6 is 0 Å². The van der Waals surface area contributed by atoms with Crippen molar-refractivity contribution in [2.75, 3.05) is 0 Å². The molecule has 0 aliphatic carbocycles. The van der Waals surface area contributed by atoms with Gasteiger partial charge in [-0.25, -0.2) is 0 Å². The number of unbranched alkanes of at least 4 members (excludes halogenated alkanes) is 7. The van der Waals surface area contributed by atoms with E-state index in [9.17, 15) is 0 Å². The van der Waals surface area contributed by atoms with E-state index in [0.29, 0.717) is 0 Å². The van der Waals surface area contributed by atoms with Crippen LogP contribution in [-0.2, 0) is 14.2 Å². The summed E-state index contributed by atoms with van der Waals surface area (Å²) in [6, 6.07) is 0. The fourth-order valence-electron chi connectivity index (χ4n) is 1.96. The Morgan fingerprint density at radius 3 is 1.26 bits per heavy atom. The molecule has 0 spiro atoms. The van der Waals surface area contributed by atoms with Crippen LogP contribution in [0.5, 0.6) is 0 Å². The molecule has 2 saturated heterocycles. The summed E-state index contributed by atoms with van der Waals surface area (Å²) >= 11 is 0. The summed E-state index contributed by atoms with van der Waals surface area (Å²) in [5, 5.41) is 0. The van der Waals surface area contributed by atoms with Crippen molar-refractivity contribution in [3.8, 4) is 0 Å². The standard InChI is InChI=1S/C10H22.C6H10O3/c1-3-5-7-9-10-8-6-4-2;1-3-5(7-3)9-6-4(2)8-6/h3-10H2,1-2H3;3-6H,1-2H3. The first kappa shape index (κ1) is 16.9. The minimum atomic E-state index is 0.0138. The van der Waals surface area contributed by atoms with Crippen molar-refractivity contribution in [3.63, 3.8) is 0 Å². The van der Waals surface area contributed by atoms with E-state index in [1.54, 1.807) is 0 Å². The normalized spacial score (nSPS) is 31.6. The van der Waals surface area contributed by atoms with Crippen molar-refractivity contribution in [1.82, 2.24) is 0 Å². The average molecular weight is 272 g/mol. The summed E-state index contributed by atoms with van der Waals surface area (Å²) < 4.78 is 15.3. The maximum Gasteiger partial charge on any atom is 0.187 e. The molecule has 2 aliphatic heterocycles. The Kier molecular flexibility index (Phi) is 8.67. The Bertz CT molecular complexity index is 198. The van der Waals surface area contributed by atoms with Gasteiger partial charge in [-0.3, -0.25) is 0 Å². The van der Waals surface area contributed by atoms with Crippen LogP contribution in [0.1, 0.15) is 79.1 Å². The summed E-state index contributed by atoms with van der Waals surface area (Å²) in [5.41, 5.74) is 0. The smallest absolute Gasteiger partial charge is 0.187 e. The third-order valence-corrected chi connectivity index (χ3v) is 3.54. The van der Waals surface area contributed by atoms with Gasteiger partial charge in [0.25, 0.3) is 0 Å². The molecule has 2 aliphatic rings. The summed E-state index contributed by atoms with van der Waals surface area (Å²) in [4.78, 5) is 0. The van der Waals surface area contributed by atoms with E-state index in [4.69, 9.17) is 14.2 Å². The molecule has 19 heavy (non-hydrogen) atoms. The molecule has 2 rings (SSSR count). The molecule has 0 radical (unpaired) electrons. The zero-order chi connectivity index (χ0) is 14.1. The van der Waals surface area contributed by atoms with Crippen LogP contribution in [0.4, 0.5) is 0 Å². The lowest BCUT2D eigenvalue weighted by molar-refractivity contribution is -0.0102. The van der Waals surface area contributed by atoms with Gasteiger partial charge in [-0.05, 0) is 13.8 Å². The highest BCUT2D eigenvalue weighted by Crippen LogP contribution is 2.31. The molecule has 4 unspecified atom stereocenters. The van der Waals surface area contributed by atoms with Gasteiger partial charge in [0.1, 0.15) is 12.2 Å². The first-order chi connectivity index (χ1) is 9.19. The molecular formula is C16H32O3. The maximum atomic E-state index is 5.25. The number of epoxide rings is 2. The highest BCUT2D eigenvalue weighted by molar-refractivity contribution is 4.77. The maximum absolute atomic E-state index is 5.25. The Morgan fingerprint density at radius 2 is 1.00 bits per heavy atom. The molecule has 0 bridgehead atoms. The molecule has 0 N–H and O–H groups in total. The fourth-order valence-corrected chi connectivity index (χ4v) is 1.96. The van der Waals surface area contributed by atoms with Gasteiger partial charge in [0.2, 0.25) is 0 Å². The van der Waals surface area contributed by atoms with E-state index in [1.165, 1.54) is 51.4 Å². The summed E-state index contributed by atoms with van der Waals surface area (Å²) in [7, 11) is 0. The third-order valence-electron chi connectivity index (χ3n) is 3.54. The molecule has 0 aromatic carbocycles. The largest absolute Gasteiger partial charge is 0.342 e. The predicted octanol–water partition coefficient (Wildman–Crippen LogP) is 4.64. The summed E-state index contributed by atoms with van der Waals surface area (Å²) in [6.45, 7) is 8.51. The van der Waals surface area contributed by atoms with Crippen molar-refractivity contribution in [2.24, 2.45) is 0 Å². The molecule has 0 amide bonds. The quantitative estimate of drug-likeness (QED) is 0.453. The molecule has 2 fully saturated rings. The third kappa shape index (κ3) is 8.61. The minimum Gasteiger partial charge on any atom is -0.342 e. The second kappa shape index (κ2) is 9.73. The van der Waals surface area contributed by atoms with Crippen LogP contribution in [0.25, 0.3) is 0 Å². The van der Waals surface area contributed by atoms with Crippen LogP contribution in [0.3, 0.4) is 0 Å². The van der Waals surface area contributed by atoms with Gasteiger partial charge in [-0.2, -0.15) is 0 Å². The molecule has 3 nitrogen and oxygen atoms in total. The van der Waals surface area contributed by atoms with E-state index in [0.717, 1.165) is 0 Å². The molecule has 3 heteroatoms. The Labute approximate surface area is 119 Å². The Morgan fingerprint density at radius 1 is 0.684 bits per heavy atom. The number of hydrogen-bond acceptors (Lipinski definition) is 3. The predicted molar refractivity (Wildman–Crippen MR) is 78.0 cm³/mol. The van der Waals surface area contributed by atoms with Crippen LogP contribution < -0.4 is 0 Å². The lowest BCUT2D eigenvalue weighted by Gasteiger charge is -1.97. The van der Waals surface area contributed by atoms with E-state index in [-0.39, 0.29) is 24.8 Å². The zero-order valence-corrected chi connectivity index (χ0v) is 13.2. The van der Waals surface area contributed by atoms with Crippen molar-refractivity contribution in [2.45, 2.75) is 104 Å². The Hall–Kier alpha value is -0.120. The number of hydrogen-bond donors (Lipinski definition) is 0. The lowest BCUT2D eigenvalue weighted by Crippen LogP contribution is -2.02. The van der Waals surface area contributed by atoms with Crippen LogP contribution in [0, 0.1) is 0 Å². The van der Waals surface area contributed by atoms with Crippen LogP contribution in [-0.4, -0.2) is 24.8 Å².